The molecule has 1 N–H and O–H groups in total. The first-order chi connectivity index (χ1) is 15.4. The molecule has 1 aliphatic heterocycles. The Morgan fingerprint density at radius 1 is 0.969 bits per heavy atom. The van der Waals surface area contributed by atoms with Gasteiger partial charge in [-0.25, -0.2) is 0 Å². The average molecular weight is 469 g/mol. The number of carbonyl (C=O) groups excluding carboxylic acids is 3. The molecule has 0 aromatic heterocycles. The molecule has 2 fully saturated rings. The number of fused-ring (bicyclic) bond motifs is 1. The number of nitrogens with zero attached hydrogens (tertiary/aromatic N) is 1. The van der Waals surface area contributed by atoms with E-state index in [-0.39, 0.29) is 47.8 Å². The highest BCUT2D eigenvalue weighted by Crippen LogP contribution is 2.51. The van der Waals surface area contributed by atoms with Crippen LogP contribution in [-0.4, -0.2) is 22.6 Å². The summed E-state index contributed by atoms with van der Waals surface area (Å²) in [6, 6.07) is 13.4. The number of halogens is 2. The molecular weight excluding hydrogens is 447 g/mol. The summed E-state index contributed by atoms with van der Waals surface area (Å²) in [6.07, 6.45) is 6.00. The van der Waals surface area contributed by atoms with Crippen molar-refractivity contribution in [2.24, 2.45) is 23.7 Å². The topological polar surface area (TPSA) is 66.5 Å². The second-order valence-corrected chi connectivity index (χ2v) is 9.53. The Bertz CT molecular complexity index is 1090. The van der Waals surface area contributed by atoms with Crippen LogP contribution in [0.25, 0.3) is 0 Å². The van der Waals surface area contributed by atoms with Crippen molar-refractivity contribution in [3.05, 3.63) is 76.3 Å². The number of carbonyl (C=O) groups is 3. The van der Waals surface area contributed by atoms with Crippen LogP contribution < -0.4 is 5.32 Å². The van der Waals surface area contributed by atoms with Gasteiger partial charge in [0.25, 0.3) is 0 Å². The molecule has 1 saturated carbocycles. The van der Waals surface area contributed by atoms with Crippen LogP contribution in [0.5, 0.6) is 0 Å². The van der Waals surface area contributed by atoms with Crippen molar-refractivity contribution in [2.75, 3.05) is 5.32 Å². The standard InChI is InChI=1S/C25H22Cl2N2O3/c26-17-10-11-19(18(27)12-17)28-21(30)13-20(14-4-2-1-3-5-14)29-24(31)22-15-6-7-16(9-8-15)23(22)25(29)32/h1-7,10-12,15-16,20,22-23H,8-9,13H2,(H,28,30)/t15-,16-,20+,22+,23+/m0/s1. The maximum Gasteiger partial charge on any atom is 0.234 e. The van der Waals surface area contributed by atoms with E-state index in [1.165, 1.54) is 4.90 Å². The first-order valence-electron chi connectivity index (χ1n) is 10.8. The zero-order chi connectivity index (χ0) is 22.4. The monoisotopic (exact) mass is 468 g/mol. The van der Waals surface area contributed by atoms with Crippen molar-refractivity contribution in [3.8, 4) is 0 Å². The van der Waals surface area contributed by atoms with E-state index in [2.05, 4.69) is 17.5 Å². The first kappa shape index (κ1) is 21.2. The van der Waals surface area contributed by atoms with Crippen LogP contribution in [0.2, 0.25) is 10.0 Å². The summed E-state index contributed by atoms with van der Waals surface area (Å²) in [4.78, 5) is 41.3. The summed E-state index contributed by atoms with van der Waals surface area (Å²) in [5.41, 5.74) is 1.19. The van der Waals surface area contributed by atoms with Crippen LogP contribution in [0.4, 0.5) is 5.69 Å². The van der Waals surface area contributed by atoms with Crippen molar-refractivity contribution in [1.29, 1.82) is 0 Å². The fourth-order valence-electron chi connectivity index (χ4n) is 5.41. The third-order valence-electron chi connectivity index (χ3n) is 6.87. The molecule has 0 unspecified atom stereocenters. The number of rotatable bonds is 5. The number of hydrogen-bond acceptors (Lipinski definition) is 3. The van der Waals surface area contributed by atoms with Gasteiger partial charge in [0.15, 0.2) is 0 Å². The fraction of sp³-hybridized carbons (Fsp3) is 0.320. The van der Waals surface area contributed by atoms with E-state index in [9.17, 15) is 14.4 Å². The minimum Gasteiger partial charge on any atom is -0.325 e. The van der Waals surface area contributed by atoms with Crippen LogP contribution in [0.1, 0.15) is 30.9 Å². The van der Waals surface area contributed by atoms with Gasteiger partial charge in [0.05, 0.1) is 35.0 Å². The predicted molar refractivity (Wildman–Crippen MR) is 123 cm³/mol. The van der Waals surface area contributed by atoms with E-state index < -0.39 is 6.04 Å². The summed E-state index contributed by atoms with van der Waals surface area (Å²) in [5.74, 6) is -1.08. The lowest BCUT2D eigenvalue weighted by Gasteiger charge is -2.38. The maximum atomic E-state index is 13.5. The number of allylic oxidation sites excluding steroid dienone is 2. The Morgan fingerprint density at radius 2 is 1.59 bits per heavy atom. The molecule has 3 aliphatic carbocycles. The minimum absolute atomic E-state index is 0.0529. The van der Waals surface area contributed by atoms with Gasteiger partial charge in [-0.3, -0.25) is 19.3 Å². The van der Waals surface area contributed by atoms with Gasteiger partial charge in [-0.05, 0) is 48.4 Å². The molecule has 3 amide bonds. The lowest BCUT2D eigenvalue weighted by atomic mass is 9.63. The highest BCUT2D eigenvalue weighted by molar-refractivity contribution is 6.36. The van der Waals surface area contributed by atoms with E-state index in [0.29, 0.717) is 15.7 Å². The molecule has 1 heterocycles. The molecule has 2 bridgehead atoms. The summed E-state index contributed by atoms with van der Waals surface area (Å²) in [5, 5.41) is 3.58. The Kier molecular flexibility index (Phi) is 5.56. The Balaban J connectivity index is 1.44. The van der Waals surface area contributed by atoms with E-state index in [1.54, 1.807) is 18.2 Å². The van der Waals surface area contributed by atoms with Crippen LogP contribution in [-0.2, 0) is 14.4 Å². The Hall–Kier alpha value is -2.63. The summed E-state index contributed by atoms with van der Waals surface area (Å²) in [6.45, 7) is 0. The number of imide groups is 1. The highest BCUT2D eigenvalue weighted by atomic mass is 35.5. The molecule has 7 heteroatoms. The molecule has 2 aromatic carbocycles. The lowest BCUT2D eigenvalue weighted by Crippen LogP contribution is -2.38. The third kappa shape index (κ3) is 3.63. The van der Waals surface area contributed by atoms with Crippen LogP contribution in [0, 0.1) is 23.7 Å². The second-order valence-electron chi connectivity index (χ2n) is 8.69. The molecule has 6 rings (SSSR count). The van der Waals surface area contributed by atoms with E-state index >= 15 is 0 Å². The zero-order valence-corrected chi connectivity index (χ0v) is 18.7. The zero-order valence-electron chi connectivity index (χ0n) is 17.2. The quantitative estimate of drug-likeness (QED) is 0.480. The van der Waals surface area contributed by atoms with Crippen molar-refractivity contribution in [1.82, 2.24) is 4.90 Å². The van der Waals surface area contributed by atoms with Crippen LogP contribution >= 0.6 is 23.2 Å². The van der Waals surface area contributed by atoms with Gasteiger partial charge in [-0.15, -0.1) is 0 Å². The Labute approximate surface area is 196 Å². The molecule has 1 saturated heterocycles. The highest BCUT2D eigenvalue weighted by Gasteiger charge is 2.58. The lowest BCUT2D eigenvalue weighted by molar-refractivity contribution is -0.143. The first-order valence-corrected chi connectivity index (χ1v) is 11.5. The molecule has 5 atom stereocenters. The largest absolute Gasteiger partial charge is 0.325 e. The Morgan fingerprint density at radius 3 is 2.16 bits per heavy atom. The van der Waals surface area contributed by atoms with Gasteiger partial charge in [-0.1, -0.05) is 65.7 Å². The molecule has 5 nitrogen and oxygen atoms in total. The van der Waals surface area contributed by atoms with E-state index in [4.69, 9.17) is 23.2 Å². The molecule has 0 radical (unpaired) electrons. The normalized spacial score (nSPS) is 26.9. The number of likely N-dealkylation sites (tertiary alicyclic amines) is 1. The summed E-state index contributed by atoms with van der Waals surface area (Å²) in [7, 11) is 0. The molecule has 164 valence electrons. The van der Waals surface area contributed by atoms with Crippen molar-refractivity contribution >= 4 is 46.6 Å². The van der Waals surface area contributed by atoms with Gasteiger partial charge in [0, 0.05) is 5.02 Å². The van der Waals surface area contributed by atoms with Crippen molar-refractivity contribution in [3.63, 3.8) is 0 Å². The molecule has 4 aliphatic rings. The number of anilines is 1. The summed E-state index contributed by atoms with van der Waals surface area (Å²) >= 11 is 12.1. The fourth-order valence-corrected chi connectivity index (χ4v) is 5.86. The molecule has 2 aromatic rings. The van der Waals surface area contributed by atoms with E-state index in [0.717, 1.165) is 18.4 Å². The van der Waals surface area contributed by atoms with Crippen LogP contribution in [0.15, 0.2) is 60.7 Å². The van der Waals surface area contributed by atoms with Gasteiger partial charge in [0.1, 0.15) is 0 Å². The number of benzene rings is 2. The summed E-state index contributed by atoms with van der Waals surface area (Å²) < 4.78 is 0. The molecule has 32 heavy (non-hydrogen) atoms. The van der Waals surface area contributed by atoms with Gasteiger partial charge in [-0.2, -0.15) is 0 Å². The maximum absolute atomic E-state index is 13.5. The third-order valence-corrected chi connectivity index (χ3v) is 7.42. The predicted octanol–water partition coefficient (Wildman–Crippen LogP) is 5.26. The van der Waals surface area contributed by atoms with E-state index in [1.807, 2.05) is 30.3 Å². The molecular formula is C25H22Cl2N2O3. The average Bonchev–Trinajstić information content (AvgIpc) is 3.08. The van der Waals surface area contributed by atoms with Gasteiger partial charge in [0.2, 0.25) is 17.7 Å². The van der Waals surface area contributed by atoms with Gasteiger partial charge < -0.3 is 5.32 Å². The van der Waals surface area contributed by atoms with Gasteiger partial charge >= 0.3 is 0 Å². The SMILES string of the molecule is O=C(C[C@H](c1ccccc1)N1C(=O)[C@H]2[C@H](C1=O)[C@H]1C=C[C@H]2CC1)Nc1ccc(Cl)cc1Cl. The van der Waals surface area contributed by atoms with Crippen molar-refractivity contribution in [2.45, 2.75) is 25.3 Å². The van der Waals surface area contributed by atoms with Crippen molar-refractivity contribution < 1.29 is 14.4 Å². The number of nitrogens with one attached hydrogen (secondary N) is 1. The smallest absolute Gasteiger partial charge is 0.234 e. The number of hydrogen-bond donors (Lipinski definition) is 1. The minimum atomic E-state index is -0.674. The second kappa shape index (κ2) is 8.38. The number of amides is 3. The molecule has 0 spiro atoms. The van der Waals surface area contributed by atoms with Crippen LogP contribution in [0.3, 0.4) is 0 Å².